The van der Waals surface area contributed by atoms with Gasteiger partial charge in [0.2, 0.25) is 10.0 Å². The molecule has 2 aliphatic rings. The van der Waals surface area contributed by atoms with Gasteiger partial charge in [-0.15, -0.1) is 0 Å². The van der Waals surface area contributed by atoms with Crippen LogP contribution in [0.3, 0.4) is 0 Å². The van der Waals surface area contributed by atoms with E-state index in [2.05, 4.69) is 0 Å². The highest BCUT2D eigenvalue weighted by atomic mass is 32.2. The van der Waals surface area contributed by atoms with Gasteiger partial charge in [-0.25, -0.2) is 8.42 Å². The molecule has 2 fully saturated rings. The van der Waals surface area contributed by atoms with Crippen molar-refractivity contribution in [3.63, 3.8) is 0 Å². The minimum absolute atomic E-state index is 0.0729. The summed E-state index contributed by atoms with van der Waals surface area (Å²) in [5, 5.41) is 9.37. The van der Waals surface area contributed by atoms with Gasteiger partial charge in [0.15, 0.2) is 0 Å². The molecule has 5 nitrogen and oxygen atoms in total. The second-order valence-electron chi connectivity index (χ2n) is 5.21. The van der Waals surface area contributed by atoms with Gasteiger partial charge in [0.25, 0.3) is 0 Å². The third-order valence-corrected chi connectivity index (χ3v) is 5.80. The van der Waals surface area contributed by atoms with Gasteiger partial charge >= 0.3 is 0 Å². The Morgan fingerprint density at radius 1 is 1.17 bits per heavy atom. The van der Waals surface area contributed by atoms with Crippen molar-refractivity contribution in [3.05, 3.63) is 0 Å². The molecular formula is C12H23NO4S. The summed E-state index contributed by atoms with van der Waals surface area (Å²) < 4.78 is 31.7. The van der Waals surface area contributed by atoms with E-state index in [9.17, 15) is 13.5 Å². The molecular weight excluding hydrogens is 254 g/mol. The van der Waals surface area contributed by atoms with Crippen LogP contribution in [0.4, 0.5) is 0 Å². The van der Waals surface area contributed by atoms with E-state index < -0.39 is 10.0 Å². The first kappa shape index (κ1) is 14.2. The van der Waals surface area contributed by atoms with Crippen molar-refractivity contribution >= 4 is 10.0 Å². The number of hydrogen-bond donors (Lipinski definition) is 1. The Hall–Kier alpha value is -0.170. The monoisotopic (exact) mass is 277 g/mol. The predicted molar refractivity (Wildman–Crippen MR) is 68.8 cm³/mol. The maximum atomic E-state index is 12.4. The Kier molecular flexibility index (Phi) is 5.00. The molecule has 6 heteroatoms. The van der Waals surface area contributed by atoms with Gasteiger partial charge in [-0.2, -0.15) is 4.31 Å². The minimum Gasteiger partial charge on any atom is -0.395 e. The summed E-state index contributed by atoms with van der Waals surface area (Å²) in [6.07, 6.45) is 5.32. The minimum atomic E-state index is -3.30. The quantitative estimate of drug-likeness (QED) is 0.823. The normalized spacial score (nSPS) is 31.4. The fourth-order valence-corrected chi connectivity index (χ4v) is 4.76. The number of hydrogen-bond acceptors (Lipinski definition) is 4. The molecule has 2 rings (SSSR count). The average Bonchev–Trinajstić information content (AvgIpc) is 2.69. The fourth-order valence-electron chi connectivity index (χ4n) is 2.81. The Morgan fingerprint density at radius 3 is 2.67 bits per heavy atom. The molecule has 2 atom stereocenters. The summed E-state index contributed by atoms with van der Waals surface area (Å²) in [5.41, 5.74) is 0. The highest BCUT2D eigenvalue weighted by Crippen LogP contribution is 2.22. The second kappa shape index (κ2) is 6.32. The fraction of sp³-hybridized carbons (Fsp3) is 1.00. The van der Waals surface area contributed by atoms with E-state index in [1.54, 1.807) is 0 Å². The standard InChI is InChI=1S/C12H23NO4S/c14-9-11-5-2-1-3-7-13(11)18(15,16)10-12-6-4-8-17-12/h11-12,14H,1-10H2. The molecule has 2 saturated heterocycles. The first-order valence-corrected chi connectivity index (χ1v) is 8.46. The summed E-state index contributed by atoms with van der Waals surface area (Å²) in [4.78, 5) is 0. The van der Waals surface area contributed by atoms with Gasteiger partial charge in [0.1, 0.15) is 0 Å². The van der Waals surface area contributed by atoms with Crippen LogP contribution in [0.2, 0.25) is 0 Å². The molecule has 0 radical (unpaired) electrons. The van der Waals surface area contributed by atoms with Crippen LogP contribution in [-0.4, -0.2) is 55.5 Å². The van der Waals surface area contributed by atoms with Crippen LogP contribution >= 0.6 is 0 Å². The molecule has 0 bridgehead atoms. The Labute approximate surface area is 109 Å². The van der Waals surface area contributed by atoms with E-state index in [4.69, 9.17) is 4.74 Å². The van der Waals surface area contributed by atoms with Crippen molar-refractivity contribution in [2.75, 3.05) is 25.5 Å². The number of aliphatic hydroxyl groups is 1. The van der Waals surface area contributed by atoms with Gasteiger partial charge < -0.3 is 9.84 Å². The van der Waals surface area contributed by atoms with Crippen LogP contribution in [0, 0.1) is 0 Å². The molecule has 106 valence electrons. The lowest BCUT2D eigenvalue weighted by Crippen LogP contribution is -2.44. The van der Waals surface area contributed by atoms with Gasteiger partial charge in [0, 0.05) is 19.2 Å². The van der Waals surface area contributed by atoms with Crippen molar-refractivity contribution in [1.82, 2.24) is 4.31 Å². The van der Waals surface area contributed by atoms with Crippen molar-refractivity contribution in [2.45, 2.75) is 50.7 Å². The smallest absolute Gasteiger partial charge is 0.216 e. The van der Waals surface area contributed by atoms with Crippen molar-refractivity contribution in [2.24, 2.45) is 0 Å². The first-order valence-electron chi connectivity index (χ1n) is 6.85. The summed E-state index contributed by atoms with van der Waals surface area (Å²) in [5.74, 6) is 0.0729. The lowest BCUT2D eigenvalue weighted by Gasteiger charge is -2.28. The van der Waals surface area contributed by atoms with Crippen molar-refractivity contribution < 1.29 is 18.3 Å². The molecule has 0 saturated carbocycles. The molecule has 2 aliphatic heterocycles. The van der Waals surface area contributed by atoms with Gasteiger partial charge in [-0.1, -0.05) is 12.8 Å². The highest BCUT2D eigenvalue weighted by molar-refractivity contribution is 7.89. The zero-order valence-corrected chi connectivity index (χ0v) is 11.6. The van der Waals surface area contributed by atoms with Crippen LogP contribution in [0.1, 0.15) is 38.5 Å². The third-order valence-electron chi connectivity index (χ3n) is 3.81. The molecule has 0 aliphatic carbocycles. The maximum Gasteiger partial charge on any atom is 0.216 e. The zero-order valence-electron chi connectivity index (χ0n) is 10.8. The van der Waals surface area contributed by atoms with Crippen LogP contribution < -0.4 is 0 Å². The van der Waals surface area contributed by atoms with Crippen LogP contribution in [-0.2, 0) is 14.8 Å². The van der Waals surface area contributed by atoms with Crippen LogP contribution in [0.15, 0.2) is 0 Å². The SMILES string of the molecule is O=S(=O)(CC1CCCO1)N1CCCCCC1CO. The first-order chi connectivity index (χ1) is 8.63. The summed E-state index contributed by atoms with van der Waals surface area (Å²) in [7, 11) is -3.30. The topological polar surface area (TPSA) is 66.8 Å². The second-order valence-corrected chi connectivity index (χ2v) is 7.18. The highest BCUT2D eigenvalue weighted by Gasteiger charge is 2.33. The van der Waals surface area contributed by atoms with Crippen LogP contribution in [0.25, 0.3) is 0 Å². The number of ether oxygens (including phenoxy) is 1. The predicted octanol–water partition coefficient (Wildman–Crippen LogP) is 0.732. The molecule has 18 heavy (non-hydrogen) atoms. The lowest BCUT2D eigenvalue weighted by molar-refractivity contribution is 0.124. The van der Waals surface area contributed by atoms with E-state index >= 15 is 0 Å². The number of nitrogens with zero attached hydrogens (tertiary/aromatic N) is 1. The van der Waals surface area contributed by atoms with E-state index in [0.29, 0.717) is 13.2 Å². The van der Waals surface area contributed by atoms with Crippen LogP contribution in [0.5, 0.6) is 0 Å². The van der Waals surface area contributed by atoms with Crippen molar-refractivity contribution in [1.29, 1.82) is 0 Å². The Morgan fingerprint density at radius 2 is 2.00 bits per heavy atom. The molecule has 0 spiro atoms. The molecule has 2 heterocycles. The molecule has 0 amide bonds. The summed E-state index contributed by atoms with van der Waals surface area (Å²) in [6.45, 7) is 1.13. The van der Waals surface area contributed by atoms with Crippen molar-refractivity contribution in [3.8, 4) is 0 Å². The largest absolute Gasteiger partial charge is 0.395 e. The van der Waals surface area contributed by atoms with Gasteiger partial charge in [0.05, 0.1) is 18.5 Å². The van der Waals surface area contributed by atoms with E-state index in [1.165, 1.54) is 4.31 Å². The molecule has 0 aromatic carbocycles. The average molecular weight is 277 g/mol. The Balaban J connectivity index is 2.05. The zero-order chi connectivity index (χ0) is 13.0. The molecule has 2 unspecified atom stereocenters. The van der Waals surface area contributed by atoms with E-state index in [0.717, 1.165) is 38.5 Å². The molecule has 1 N–H and O–H groups in total. The van der Waals surface area contributed by atoms with E-state index in [1.807, 2.05) is 0 Å². The summed E-state index contributed by atoms with van der Waals surface area (Å²) >= 11 is 0. The Bertz CT molecular complexity index is 351. The number of aliphatic hydroxyl groups excluding tert-OH is 1. The lowest BCUT2D eigenvalue weighted by atomic mass is 10.1. The number of rotatable bonds is 4. The van der Waals surface area contributed by atoms with Gasteiger partial charge in [-0.3, -0.25) is 0 Å². The van der Waals surface area contributed by atoms with Gasteiger partial charge in [-0.05, 0) is 25.7 Å². The number of sulfonamides is 1. The molecule has 0 aromatic rings. The van der Waals surface area contributed by atoms with E-state index in [-0.39, 0.29) is 24.5 Å². The molecule has 0 aromatic heterocycles. The summed E-state index contributed by atoms with van der Waals surface area (Å²) in [6, 6.07) is -0.237. The third kappa shape index (κ3) is 3.44. The maximum absolute atomic E-state index is 12.4.